The number of imidazole rings is 1. The number of piperazine rings is 1. The molecule has 2 saturated heterocycles. The summed E-state index contributed by atoms with van der Waals surface area (Å²) in [5.74, 6) is 0.176. The summed E-state index contributed by atoms with van der Waals surface area (Å²) in [6.07, 6.45) is 7.23. The van der Waals surface area contributed by atoms with Crippen LogP contribution in [-0.4, -0.2) is 69.9 Å². The Morgan fingerprint density at radius 2 is 2.04 bits per heavy atom. The van der Waals surface area contributed by atoms with Crippen LogP contribution in [0.25, 0.3) is 5.69 Å². The molecule has 26 heavy (non-hydrogen) atoms. The van der Waals surface area contributed by atoms with E-state index in [0.717, 1.165) is 38.2 Å². The zero-order valence-corrected chi connectivity index (χ0v) is 14.7. The van der Waals surface area contributed by atoms with Gasteiger partial charge in [-0.15, -0.1) is 0 Å². The first-order valence-electron chi connectivity index (χ1n) is 9.10. The van der Waals surface area contributed by atoms with Gasteiger partial charge in [0.25, 0.3) is 5.91 Å². The van der Waals surface area contributed by atoms with Gasteiger partial charge in [-0.25, -0.2) is 4.98 Å². The molecule has 0 radical (unpaired) electrons. The molecule has 2 aliphatic heterocycles. The third-order valence-corrected chi connectivity index (χ3v) is 5.17. The highest BCUT2D eigenvalue weighted by Gasteiger charge is 2.31. The van der Waals surface area contributed by atoms with Crippen LogP contribution in [0.4, 0.5) is 0 Å². The molecule has 0 saturated carbocycles. The van der Waals surface area contributed by atoms with Crippen molar-refractivity contribution in [3.63, 3.8) is 0 Å². The maximum absolute atomic E-state index is 12.9. The number of carbonyl (C=O) groups is 2. The van der Waals surface area contributed by atoms with Crippen LogP contribution in [-0.2, 0) is 4.79 Å². The van der Waals surface area contributed by atoms with Gasteiger partial charge in [0.2, 0.25) is 5.91 Å². The summed E-state index contributed by atoms with van der Waals surface area (Å²) in [4.78, 5) is 32.9. The smallest absolute Gasteiger partial charge is 0.253 e. The third-order valence-electron chi connectivity index (χ3n) is 5.17. The predicted octanol–water partition coefficient (Wildman–Crippen LogP) is 0.909. The SMILES string of the molecule is O=C(c1ccc(-n2ccnc2)cc1)N1CCCC(N2CCNCC2=O)C1. The lowest BCUT2D eigenvalue weighted by molar-refractivity contribution is -0.135. The number of benzene rings is 1. The third kappa shape index (κ3) is 3.35. The van der Waals surface area contributed by atoms with Gasteiger partial charge in [0.1, 0.15) is 0 Å². The molecule has 1 atom stereocenters. The Kier molecular flexibility index (Phi) is 4.71. The zero-order chi connectivity index (χ0) is 17.9. The van der Waals surface area contributed by atoms with Gasteiger partial charge >= 0.3 is 0 Å². The molecule has 136 valence electrons. The van der Waals surface area contributed by atoms with E-state index in [1.165, 1.54) is 0 Å². The minimum atomic E-state index is 0.0365. The van der Waals surface area contributed by atoms with E-state index >= 15 is 0 Å². The molecule has 1 aromatic heterocycles. The number of aromatic nitrogens is 2. The van der Waals surface area contributed by atoms with Gasteiger partial charge in [-0.1, -0.05) is 0 Å². The number of hydrogen-bond donors (Lipinski definition) is 1. The summed E-state index contributed by atoms with van der Waals surface area (Å²) in [7, 11) is 0. The number of rotatable bonds is 3. The first-order valence-corrected chi connectivity index (χ1v) is 9.10. The van der Waals surface area contributed by atoms with Crippen LogP contribution in [0.3, 0.4) is 0 Å². The Morgan fingerprint density at radius 3 is 2.77 bits per heavy atom. The summed E-state index contributed by atoms with van der Waals surface area (Å²) in [5, 5.41) is 3.10. The Labute approximate surface area is 152 Å². The van der Waals surface area contributed by atoms with Crippen LogP contribution in [0.1, 0.15) is 23.2 Å². The van der Waals surface area contributed by atoms with Crippen LogP contribution in [0.5, 0.6) is 0 Å². The highest BCUT2D eigenvalue weighted by molar-refractivity contribution is 5.94. The molecule has 2 amide bonds. The van der Waals surface area contributed by atoms with E-state index in [1.807, 2.05) is 44.8 Å². The molecule has 2 aromatic rings. The van der Waals surface area contributed by atoms with Gasteiger partial charge in [0.05, 0.1) is 12.9 Å². The van der Waals surface area contributed by atoms with Crippen molar-refractivity contribution >= 4 is 11.8 Å². The van der Waals surface area contributed by atoms with E-state index in [9.17, 15) is 9.59 Å². The van der Waals surface area contributed by atoms with Crippen LogP contribution in [0.15, 0.2) is 43.0 Å². The lowest BCUT2D eigenvalue weighted by Gasteiger charge is -2.41. The second-order valence-electron chi connectivity index (χ2n) is 6.83. The predicted molar refractivity (Wildman–Crippen MR) is 97.1 cm³/mol. The van der Waals surface area contributed by atoms with E-state index in [2.05, 4.69) is 10.3 Å². The Hall–Kier alpha value is -2.67. The van der Waals surface area contributed by atoms with Gasteiger partial charge in [-0.05, 0) is 37.1 Å². The van der Waals surface area contributed by atoms with Gasteiger partial charge in [0, 0.05) is 55.9 Å². The van der Waals surface area contributed by atoms with Gasteiger partial charge < -0.3 is 19.7 Å². The molecule has 1 unspecified atom stereocenters. The maximum Gasteiger partial charge on any atom is 0.253 e. The zero-order valence-electron chi connectivity index (χ0n) is 14.7. The summed E-state index contributed by atoms with van der Waals surface area (Å²) >= 11 is 0. The molecule has 4 rings (SSSR count). The van der Waals surface area contributed by atoms with E-state index in [1.54, 1.807) is 12.5 Å². The number of likely N-dealkylation sites (tertiary alicyclic amines) is 1. The Morgan fingerprint density at radius 1 is 1.19 bits per heavy atom. The van der Waals surface area contributed by atoms with Gasteiger partial charge in [-0.3, -0.25) is 9.59 Å². The molecule has 0 bridgehead atoms. The van der Waals surface area contributed by atoms with Crippen LogP contribution >= 0.6 is 0 Å². The first kappa shape index (κ1) is 16.8. The molecule has 2 fully saturated rings. The number of hydrogen-bond acceptors (Lipinski definition) is 4. The van der Waals surface area contributed by atoms with E-state index in [0.29, 0.717) is 18.7 Å². The molecule has 1 N–H and O–H groups in total. The quantitative estimate of drug-likeness (QED) is 0.890. The van der Waals surface area contributed by atoms with Crippen LogP contribution in [0.2, 0.25) is 0 Å². The van der Waals surface area contributed by atoms with Crippen molar-refractivity contribution in [3.05, 3.63) is 48.5 Å². The molecule has 7 heteroatoms. The lowest BCUT2D eigenvalue weighted by Crippen LogP contribution is -2.57. The van der Waals surface area contributed by atoms with E-state index in [4.69, 9.17) is 0 Å². The van der Waals surface area contributed by atoms with E-state index in [-0.39, 0.29) is 17.9 Å². The fourth-order valence-corrected chi connectivity index (χ4v) is 3.77. The number of piperidine rings is 1. The van der Waals surface area contributed by atoms with Gasteiger partial charge in [0.15, 0.2) is 0 Å². The monoisotopic (exact) mass is 353 g/mol. The summed E-state index contributed by atoms with van der Waals surface area (Å²) < 4.78 is 1.90. The van der Waals surface area contributed by atoms with Crippen LogP contribution in [0, 0.1) is 0 Å². The molecule has 7 nitrogen and oxygen atoms in total. The highest BCUT2D eigenvalue weighted by Crippen LogP contribution is 2.20. The van der Waals surface area contributed by atoms with Crippen molar-refractivity contribution in [2.45, 2.75) is 18.9 Å². The summed E-state index contributed by atoms with van der Waals surface area (Å²) in [5.41, 5.74) is 1.66. The van der Waals surface area contributed by atoms with Crippen LogP contribution < -0.4 is 5.32 Å². The number of amides is 2. The average molecular weight is 353 g/mol. The fraction of sp³-hybridized carbons (Fsp3) is 0.421. The molecule has 1 aromatic carbocycles. The summed E-state index contributed by atoms with van der Waals surface area (Å²) in [6.45, 7) is 3.32. The van der Waals surface area contributed by atoms with Crippen molar-refractivity contribution in [1.29, 1.82) is 0 Å². The van der Waals surface area contributed by atoms with Crippen molar-refractivity contribution in [2.24, 2.45) is 0 Å². The molecule has 2 aliphatic rings. The van der Waals surface area contributed by atoms with Crippen molar-refractivity contribution in [2.75, 3.05) is 32.7 Å². The molecule has 0 aliphatic carbocycles. The largest absolute Gasteiger partial charge is 0.337 e. The number of nitrogens with zero attached hydrogens (tertiary/aromatic N) is 4. The topological polar surface area (TPSA) is 70.5 Å². The van der Waals surface area contributed by atoms with E-state index < -0.39 is 0 Å². The maximum atomic E-state index is 12.9. The highest BCUT2D eigenvalue weighted by atomic mass is 16.2. The minimum absolute atomic E-state index is 0.0365. The molecular formula is C19H23N5O2. The molecule has 0 spiro atoms. The molecule has 3 heterocycles. The minimum Gasteiger partial charge on any atom is -0.337 e. The second kappa shape index (κ2) is 7.29. The number of carbonyl (C=O) groups excluding carboxylic acids is 2. The van der Waals surface area contributed by atoms with Crippen molar-refractivity contribution in [1.82, 2.24) is 24.7 Å². The Bertz CT molecular complexity index is 772. The number of nitrogens with one attached hydrogen (secondary N) is 1. The standard InChI is InChI=1S/C19H23N5O2/c25-18-12-20-8-11-24(18)17-2-1-9-22(13-17)19(26)15-3-5-16(6-4-15)23-10-7-21-14-23/h3-7,10,14,17,20H,1-2,8-9,11-13H2. The van der Waals surface area contributed by atoms with Crippen molar-refractivity contribution < 1.29 is 9.59 Å². The molecular weight excluding hydrogens is 330 g/mol. The second-order valence-corrected chi connectivity index (χ2v) is 6.83. The first-order chi connectivity index (χ1) is 12.7. The fourth-order valence-electron chi connectivity index (χ4n) is 3.77. The van der Waals surface area contributed by atoms with Gasteiger partial charge in [-0.2, -0.15) is 0 Å². The average Bonchev–Trinajstić information content (AvgIpc) is 3.23. The van der Waals surface area contributed by atoms with Crippen molar-refractivity contribution in [3.8, 4) is 5.69 Å². The summed E-state index contributed by atoms with van der Waals surface area (Å²) in [6, 6.07) is 7.70. The normalized spacial score (nSPS) is 21.1. The Balaban J connectivity index is 1.44. The lowest BCUT2D eigenvalue weighted by atomic mass is 10.0.